The van der Waals surface area contributed by atoms with E-state index in [9.17, 15) is 0 Å². The fourth-order valence-electron chi connectivity index (χ4n) is 3.18. The van der Waals surface area contributed by atoms with Gasteiger partial charge in [0.2, 0.25) is 0 Å². The minimum Gasteiger partial charge on any atom is -0.492 e. The third-order valence-corrected chi connectivity index (χ3v) is 4.76. The number of fused-ring (bicyclic) bond motifs is 1. The van der Waals surface area contributed by atoms with E-state index in [1.165, 1.54) is 0 Å². The molecule has 1 aliphatic rings. The zero-order valence-corrected chi connectivity index (χ0v) is 15.2. The van der Waals surface area contributed by atoms with E-state index in [4.69, 9.17) is 15.2 Å². The van der Waals surface area contributed by atoms with Crippen molar-refractivity contribution in [1.82, 2.24) is 15.1 Å². The van der Waals surface area contributed by atoms with E-state index in [2.05, 4.69) is 15.1 Å². The molecule has 0 atom stereocenters. The van der Waals surface area contributed by atoms with Gasteiger partial charge >= 0.3 is 0 Å². The number of ether oxygens (including phenoxy) is 2. The molecule has 2 aromatic carbocycles. The van der Waals surface area contributed by atoms with Gasteiger partial charge in [-0.25, -0.2) is 0 Å². The highest BCUT2D eigenvalue weighted by Crippen LogP contribution is 2.23. The standard InChI is InChI=1S/C21H24N4O2/c22-19-7-6-17(27-14-11-25-9-12-26-13-10-25)15-16(19)5-8-21-18-3-1-2-4-20(18)23-24-21/h1-8,15H,9-14,22H2,(H,23,24)/b8-5+. The van der Waals surface area contributed by atoms with Crippen molar-refractivity contribution in [2.24, 2.45) is 0 Å². The summed E-state index contributed by atoms with van der Waals surface area (Å²) in [4.78, 5) is 2.35. The topological polar surface area (TPSA) is 76.4 Å². The van der Waals surface area contributed by atoms with Gasteiger partial charge in [0, 0.05) is 36.3 Å². The van der Waals surface area contributed by atoms with Crippen molar-refractivity contribution in [1.29, 1.82) is 0 Å². The van der Waals surface area contributed by atoms with Crippen molar-refractivity contribution in [2.75, 3.05) is 45.2 Å². The highest BCUT2D eigenvalue weighted by molar-refractivity contribution is 5.90. The van der Waals surface area contributed by atoms with E-state index >= 15 is 0 Å². The normalized spacial score (nSPS) is 15.6. The SMILES string of the molecule is Nc1ccc(OCCN2CCOCC2)cc1/C=C/c1n[nH]c2ccccc12. The first-order valence-corrected chi connectivity index (χ1v) is 9.23. The molecule has 1 saturated heterocycles. The van der Waals surface area contributed by atoms with Crippen LogP contribution in [0.4, 0.5) is 5.69 Å². The van der Waals surface area contributed by atoms with Gasteiger partial charge in [0.05, 0.1) is 24.4 Å². The Morgan fingerprint density at radius 2 is 2.00 bits per heavy atom. The van der Waals surface area contributed by atoms with Crippen LogP contribution in [-0.2, 0) is 4.74 Å². The fraction of sp³-hybridized carbons (Fsp3) is 0.286. The van der Waals surface area contributed by atoms with Crippen LogP contribution in [0.15, 0.2) is 42.5 Å². The Hall–Kier alpha value is -2.83. The first kappa shape index (κ1) is 17.6. The lowest BCUT2D eigenvalue weighted by atomic mass is 10.1. The zero-order chi connectivity index (χ0) is 18.5. The Labute approximate surface area is 158 Å². The highest BCUT2D eigenvalue weighted by atomic mass is 16.5. The summed E-state index contributed by atoms with van der Waals surface area (Å²) in [6.45, 7) is 5.10. The third-order valence-electron chi connectivity index (χ3n) is 4.76. The quantitative estimate of drug-likeness (QED) is 0.658. The van der Waals surface area contributed by atoms with Crippen molar-refractivity contribution < 1.29 is 9.47 Å². The second-order valence-corrected chi connectivity index (χ2v) is 6.58. The summed E-state index contributed by atoms with van der Waals surface area (Å²) in [5, 5.41) is 8.49. The minimum atomic E-state index is 0.650. The molecular weight excluding hydrogens is 340 g/mol. The molecule has 1 aliphatic heterocycles. The number of benzene rings is 2. The Kier molecular flexibility index (Phi) is 5.37. The predicted octanol–water partition coefficient (Wildman–Crippen LogP) is 3.03. The number of hydrogen-bond donors (Lipinski definition) is 2. The van der Waals surface area contributed by atoms with Gasteiger partial charge < -0.3 is 15.2 Å². The lowest BCUT2D eigenvalue weighted by Crippen LogP contribution is -2.38. The van der Waals surface area contributed by atoms with Crippen LogP contribution < -0.4 is 10.5 Å². The zero-order valence-electron chi connectivity index (χ0n) is 15.2. The second kappa shape index (κ2) is 8.24. The molecule has 0 saturated carbocycles. The summed E-state index contributed by atoms with van der Waals surface area (Å²) in [6, 6.07) is 13.8. The molecule has 1 fully saturated rings. The van der Waals surface area contributed by atoms with Crippen LogP contribution in [0.1, 0.15) is 11.3 Å². The maximum absolute atomic E-state index is 6.13. The molecule has 0 radical (unpaired) electrons. The first-order chi connectivity index (χ1) is 13.3. The number of para-hydroxylation sites is 1. The van der Waals surface area contributed by atoms with Crippen LogP contribution in [0.25, 0.3) is 23.1 Å². The van der Waals surface area contributed by atoms with Crippen molar-refractivity contribution >= 4 is 28.7 Å². The fourth-order valence-corrected chi connectivity index (χ4v) is 3.18. The van der Waals surface area contributed by atoms with Crippen molar-refractivity contribution in [2.45, 2.75) is 0 Å². The van der Waals surface area contributed by atoms with Gasteiger partial charge in [0.15, 0.2) is 0 Å². The summed E-state index contributed by atoms with van der Waals surface area (Å²) < 4.78 is 11.3. The van der Waals surface area contributed by atoms with Crippen LogP contribution in [-0.4, -0.2) is 54.6 Å². The number of nitrogen functional groups attached to an aromatic ring is 1. The molecule has 0 spiro atoms. The number of anilines is 1. The maximum Gasteiger partial charge on any atom is 0.120 e. The van der Waals surface area contributed by atoms with E-state index in [0.717, 1.165) is 60.8 Å². The summed E-state index contributed by atoms with van der Waals surface area (Å²) in [5.41, 5.74) is 9.68. The molecule has 2 heterocycles. The number of aromatic nitrogens is 2. The summed E-state index contributed by atoms with van der Waals surface area (Å²) >= 11 is 0. The molecular formula is C21H24N4O2. The van der Waals surface area contributed by atoms with E-state index in [-0.39, 0.29) is 0 Å². The lowest BCUT2D eigenvalue weighted by molar-refractivity contribution is 0.0322. The van der Waals surface area contributed by atoms with Crippen molar-refractivity contribution in [3.63, 3.8) is 0 Å². The van der Waals surface area contributed by atoms with Crippen LogP contribution in [0.3, 0.4) is 0 Å². The molecule has 3 N–H and O–H groups in total. The first-order valence-electron chi connectivity index (χ1n) is 9.23. The van der Waals surface area contributed by atoms with Gasteiger partial charge in [0.1, 0.15) is 12.4 Å². The Bertz CT molecular complexity index is 929. The number of nitrogens with one attached hydrogen (secondary N) is 1. The number of aromatic amines is 1. The molecule has 6 nitrogen and oxygen atoms in total. The van der Waals surface area contributed by atoms with Gasteiger partial charge in [-0.15, -0.1) is 0 Å². The summed E-state index contributed by atoms with van der Waals surface area (Å²) in [6.07, 6.45) is 3.95. The molecule has 6 heteroatoms. The lowest BCUT2D eigenvalue weighted by Gasteiger charge is -2.26. The molecule has 27 heavy (non-hydrogen) atoms. The van der Waals surface area contributed by atoms with Crippen LogP contribution in [0, 0.1) is 0 Å². The van der Waals surface area contributed by atoms with Gasteiger partial charge in [-0.05, 0) is 30.3 Å². The average molecular weight is 364 g/mol. The molecule has 3 aromatic rings. The molecule has 140 valence electrons. The Morgan fingerprint density at radius 3 is 2.89 bits per heavy atom. The number of rotatable bonds is 6. The minimum absolute atomic E-state index is 0.650. The number of nitrogens with zero attached hydrogens (tertiary/aromatic N) is 2. The largest absolute Gasteiger partial charge is 0.492 e. The smallest absolute Gasteiger partial charge is 0.120 e. The van der Waals surface area contributed by atoms with Crippen LogP contribution in [0.5, 0.6) is 5.75 Å². The second-order valence-electron chi connectivity index (χ2n) is 6.58. The van der Waals surface area contributed by atoms with Gasteiger partial charge in [-0.1, -0.05) is 24.3 Å². The monoisotopic (exact) mass is 364 g/mol. The van der Waals surface area contributed by atoms with E-state index in [0.29, 0.717) is 12.3 Å². The van der Waals surface area contributed by atoms with E-state index in [1.54, 1.807) is 0 Å². The van der Waals surface area contributed by atoms with Gasteiger partial charge in [0.25, 0.3) is 0 Å². The maximum atomic E-state index is 6.13. The van der Waals surface area contributed by atoms with E-state index in [1.807, 2.05) is 54.6 Å². The number of nitrogens with two attached hydrogens (primary N) is 1. The Morgan fingerprint density at radius 1 is 1.15 bits per heavy atom. The molecule has 4 rings (SSSR count). The molecule has 0 unspecified atom stereocenters. The Balaban J connectivity index is 1.42. The molecule has 0 bridgehead atoms. The van der Waals surface area contributed by atoms with Crippen LogP contribution in [0.2, 0.25) is 0 Å². The number of morpholine rings is 1. The third kappa shape index (κ3) is 4.30. The summed E-state index contributed by atoms with van der Waals surface area (Å²) in [7, 11) is 0. The molecule has 1 aromatic heterocycles. The molecule has 0 aliphatic carbocycles. The van der Waals surface area contributed by atoms with Crippen molar-refractivity contribution in [3.8, 4) is 5.75 Å². The number of hydrogen-bond acceptors (Lipinski definition) is 5. The predicted molar refractivity (Wildman–Crippen MR) is 109 cm³/mol. The summed E-state index contributed by atoms with van der Waals surface area (Å²) in [5.74, 6) is 0.823. The molecule has 0 amide bonds. The van der Waals surface area contributed by atoms with Gasteiger partial charge in [-0.2, -0.15) is 5.10 Å². The van der Waals surface area contributed by atoms with Crippen molar-refractivity contribution in [3.05, 3.63) is 53.7 Å². The van der Waals surface area contributed by atoms with Gasteiger partial charge in [-0.3, -0.25) is 10.00 Å². The average Bonchev–Trinajstić information content (AvgIpc) is 3.12. The van der Waals surface area contributed by atoms with E-state index < -0.39 is 0 Å². The van der Waals surface area contributed by atoms with Crippen LogP contribution >= 0.6 is 0 Å². The highest BCUT2D eigenvalue weighted by Gasteiger charge is 2.10. The number of H-pyrrole nitrogens is 1.